The predicted molar refractivity (Wildman–Crippen MR) is 68.8 cm³/mol. The summed E-state index contributed by atoms with van der Waals surface area (Å²) in [5.41, 5.74) is 6.65. The molecule has 0 aliphatic carbocycles. The number of nitrogen functional groups attached to an aromatic ring is 1. The number of sulfone groups is 1. The molecule has 1 saturated heterocycles. The van der Waals surface area contributed by atoms with Crippen molar-refractivity contribution in [2.24, 2.45) is 0 Å². The Kier molecular flexibility index (Phi) is 3.39. The van der Waals surface area contributed by atoms with E-state index in [4.69, 9.17) is 11.0 Å². The van der Waals surface area contributed by atoms with Gasteiger partial charge in [0.1, 0.15) is 6.07 Å². The Balaban J connectivity index is 2.24. The van der Waals surface area contributed by atoms with Gasteiger partial charge >= 0.3 is 0 Å². The number of pyridine rings is 1. The van der Waals surface area contributed by atoms with E-state index < -0.39 is 9.84 Å². The van der Waals surface area contributed by atoms with Crippen molar-refractivity contribution in [1.29, 1.82) is 5.26 Å². The Morgan fingerprint density at radius 3 is 2.83 bits per heavy atom. The average Bonchev–Trinajstić information content (AvgIpc) is 2.50. The van der Waals surface area contributed by atoms with Crippen LogP contribution >= 0.6 is 0 Å². The van der Waals surface area contributed by atoms with Crippen LogP contribution in [0.5, 0.6) is 0 Å². The van der Waals surface area contributed by atoms with Crippen LogP contribution in [-0.4, -0.2) is 38.0 Å². The standard InChI is InChI=1S/C11H14N4O2S/c12-7-9-6-10(13)11(14-8-9)15-2-1-4-18(16,17)5-3-15/h6,8H,1-5,13H2. The lowest BCUT2D eigenvalue weighted by molar-refractivity contribution is 0.597. The molecule has 0 aromatic carbocycles. The maximum Gasteiger partial charge on any atom is 0.152 e. The van der Waals surface area contributed by atoms with Crippen LogP contribution < -0.4 is 10.6 Å². The fourth-order valence-electron chi connectivity index (χ4n) is 1.95. The first-order chi connectivity index (χ1) is 8.52. The van der Waals surface area contributed by atoms with Gasteiger partial charge in [-0.3, -0.25) is 0 Å². The molecular weight excluding hydrogens is 252 g/mol. The fourth-order valence-corrected chi connectivity index (χ4v) is 3.22. The Morgan fingerprint density at radius 1 is 1.39 bits per heavy atom. The number of hydrogen-bond donors (Lipinski definition) is 1. The summed E-state index contributed by atoms with van der Waals surface area (Å²) in [5, 5.41) is 8.74. The first kappa shape index (κ1) is 12.6. The molecule has 0 bridgehead atoms. The van der Waals surface area contributed by atoms with Crippen LogP contribution in [0.1, 0.15) is 12.0 Å². The normalized spacial score (nSPS) is 18.9. The Morgan fingerprint density at radius 2 is 2.17 bits per heavy atom. The zero-order valence-corrected chi connectivity index (χ0v) is 10.7. The lowest BCUT2D eigenvalue weighted by Crippen LogP contribution is -2.28. The molecule has 0 saturated carbocycles. The Hall–Kier alpha value is -1.81. The van der Waals surface area contributed by atoms with Crippen molar-refractivity contribution in [3.05, 3.63) is 17.8 Å². The molecule has 0 amide bonds. The molecule has 2 rings (SSSR count). The van der Waals surface area contributed by atoms with E-state index in [2.05, 4.69) is 4.98 Å². The molecule has 1 fully saturated rings. The lowest BCUT2D eigenvalue weighted by Gasteiger charge is -2.22. The highest BCUT2D eigenvalue weighted by atomic mass is 32.2. The van der Waals surface area contributed by atoms with Gasteiger partial charge in [-0.1, -0.05) is 0 Å². The molecule has 0 radical (unpaired) electrons. The molecule has 1 aromatic rings. The number of nitriles is 1. The zero-order chi connectivity index (χ0) is 13.2. The monoisotopic (exact) mass is 266 g/mol. The van der Waals surface area contributed by atoms with Crippen molar-refractivity contribution in [1.82, 2.24) is 4.98 Å². The van der Waals surface area contributed by atoms with Crippen molar-refractivity contribution >= 4 is 21.3 Å². The quantitative estimate of drug-likeness (QED) is 0.777. The minimum absolute atomic E-state index is 0.119. The van der Waals surface area contributed by atoms with Crippen molar-refractivity contribution in [2.75, 3.05) is 35.2 Å². The molecule has 0 unspecified atom stereocenters. The van der Waals surface area contributed by atoms with E-state index >= 15 is 0 Å². The molecule has 96 valence electrons. The van der Waals surface area contributed by atoms with Crippen LogP contribution in [0.2, 0.25) is 0 Å². The summed E-state index contributed by atoms with van der Waals surface area (Å²) in [6.45, 7) is 1.01. The largest absolute Gasteiger partial charge is 0.396 e. The van der Waals surface area contributed by atoms with Crippen molar-refractivity contribution < 1.29 is 8.42 Å². The highest BCUT2D eigenvalue weighted by Gasteiger charge is 2.21. The van der Waals surface area contributed by atoms with E-state index in [1.807, 2.05) is 11.0 Å². The second kappa shape index (κ2) is 4.82. The number of aromatic nitrogens is 1. The van der Waals surface area contributed by atoms with Crippen LogP contribution in [0.15, 0.2) is 12.3 Å². The molecule has 18 heavy (non-hydrogen) atoms. The van der Waals surface area contributed by atoms with Crippen LogP contribution in [0.3, 0.4) is 0 Å². The highest BCUT2D eigenvalue weighted by molar-refractivity contribution is 7.91. The summed E-state index contributed by atoms with van der Waals surface area (Å²) >= 11 is 0. The van der Waals surface area contributed by atoms with Gasteiger partial charge in [0.05, 0.1) is 22.8 Å². The summed E-state index contributed by atoms with van der Waals surface area (Å²) in [7, 11) is -2.95. The molecule has 0 spiro atoms. The van der Waals surface area contributed by atoms with Gasteiger partial charge in [-0.05, 0) is 12.5 Å². The smallest absolute Gasteiger partial charge is 0.152 e. The summed E-state index contributed by atoms with van der Waals surface area (Å²) in [6.07, 6.45) is 2.02. The SMILES string of the molecule is N#Cc1cnc(N2CCCS(=O)(=O)CC2)c(N)c1. The molecule has 1 aliphatic rings. The topological polar surface area (TPSA) is 100 Å². The molecule has 1 aromatic heterocycles. The van der Waals surface area contributed by atoms with Crippen molar-refractivity contribution in [3.63, 3.8) is 0 Å². The minimum atomic E-state index is -2.95. The number of rotatable bonds is 1. The van der Waals surface area contributed by atoms with Crippen LogP contribution in [0.25, 0.3) is 0 Å². The van der Waals surface area contributed by atoms with Crippen molar-refractivity contribution in [2.45, 2.75) is 6.42 Å². The van der Waals surface area contributed by atoms with E-state index in [-0.39, 0.29) is 11.5 Å². The maximum absolute atomic E-state index is 11.5. The second-order valence-electron chi connectivity index (χ2n) is 4.24. The van der Waals surface area contributed by atoms with Gasteiger partial charge < -0.3 is 10.6 Å². The number of nitrogens with zero attached hydrogens (tertiary/aromatic N) is 3. The summed E-state index contributed by atoms with van der Waals surface area (Å²) in [6, 6.07) is 3.52. The number of hydrogen-bond acceptors (Lipinski definition) is 6. The van der Waals surface area contributed by atoms with Crippen molar-refractivity contribution in [3.8, 4) is 6.07 Å². The third kappa shape index (κ3) is 2.71. The minimum Gasteiger partial charge on any atom is -0.396 e. The van der Waals surface area contributed by atoms with E-state index in [9.17, 15) is 8.42 Å². The van der Waals surface area contributed by atoms with E-state index in [1.54, 1.807) is 6.07 Å². The molecule has 6 nitrogen and oxygen atoms in total. The van der Waals surface area contributed by atoms with E-state index in [0.717, 1.165) is 0 Å². The Labute approximate surface area is 106 Å². The van der Waals surface area contributed by atoms with Gasteiger partial charge in [0.15, 0.2) is 15.7 Å². The van der Waals surface area contributed by atoms with Gasteiger partial charge in [0.25, 0.3) is 0 Å². The zero-order valence-electron chi connectivity index (χ0n) is 9.83. The van der Waals surface area contributed by atoms with Gasteiger partial charge in [-0.2, -0.15) is 5.26 Å². The molecular formula is C11H14N4O2S. The summed E-state index contributed by atoms with van der Waals surface area (Å²) < 4.78 is 23.0. The van der Waals surface area contributed by atoms with Gasteiger partial charge in [0.2, 0.25) is 0 Å². The second-order valence-corrected chi connectivity index (χ2v) is 6.54. The third-order valence-corrected chi connectivity index (χ3v) is 4.59. The first-order valence-corrected chi connectivity index (χ1v) is 7.45. The summed E-state index contributed by atoms with van der Waals surface area (Å²) in [4.78, 5) is 6.01. The molecule has 2 heterocycles. The molecule has 2 N–H and O–H groups in total. The van der Waals surface area contributed by atoms with E-state index in [1.165, 1.54) is 6.20 Å². The van der Waals surface area contributed by atoms with E-state index in [0.29, 0.717) is 36.6 Å². The van der Waals surface area contributed by atoms with Crippen LogP contribution in [0.4, 0.5) is 11.5 Å². The third-order valence-electron chi connectivity index (χ3n) is 2.88. The van der Waals surface area contributed by atoms with Crippen LogP contribution in [0, 0.1) is 11.3 Å². The summed E-state index contributed by atoms with van der Waals surface area (Å²) in [5.74, 6) is 0.888. The fraction of sp³-hybridized carbons (Fsp3) is 0.455. The van der Waals surface area contributed by atoms with Gasteiger partial charge in [-0.15, -0.1) is 0 Å². The lowest BCUT2D eigenvalue weighted by atomic mass is 10.2. The number of nitrogens with two attached hydrogens (primary N) is 1. The molecule has 0 atom stereocenters. The highest BCUT2D eigenvalue weighted by Crippen LogP contribution is 2.22. The Bertz CT molecular complexity index is 592. The van der Waals surface area contributed by atoms with Crippen LogP contribution in [-0.2, 0) is 9.84 Å². The number of anilines is 2. The average molecular weight is 266 g/mol. The van der Waals surface area contributed by atoms with Gasteiger partial charge in [-0.25, -0.2) is 13.4 Å². The molecule has 1 aliphatic heterocycles. The predicted octanol–water partition coefficient (Wildman–Crippen LogP) is 0.160. The first-order valence-electron chi connectivity index (χ1n) is 5.63. The molecule has 7 heteroatoms. The van der Waals surface area contributed by atoms with Gasteiger partial charge in [0, 0.05) is 19.3 Å². The maximum atomic E-state index is 11.5.